The predicted octanol–water partition coefficient (Wildman–Crippen LogP) is 18.2. The van der Waals surface area contributed by atoms with Gasteiger partial charge < -0.3 is 28.4 Å². The first kappa shape index (κ1) is 58.7. The van der Waals surface area contributed by atoms with Crippen LogP contribution in [0.5, 0.6) is 23.0 Å². The van der Waals surface area contributed by atoms with Crippen LogP contribution in [0.15, 0.2) is 194 Å². The van der Waals surface area contributed by atoms with Gasteiger partial charge in [0.15, 0.2) is 0 Å². The molecule has 2 aliphatic rings. The van der Waals surface area contributed by atoms with Crippen molar-refractivity contribution >= 4 is 0 Å². The Balaban J connectivity index is 0.000000198. The highest BCUT2D eigenvalue weighted by Crippen LogP contribution is 2.61. The van der Waals surface area contributed by atoms with Crippen molar-refractivity contribution in [2.45, 2.75) is 72.8 Å². The van der Waals surface area contributed by atoms with Crippen LogP contribution in [0.2, 0.25) is 0 Å². The van der Waals surface area contributed by atoms with Crippen LogP contribution in [0.3, 0.4) is 0 Å². The maximum atomic E-state index is 13.4. The fraction of sp³-hybridized carbons (Fsp3) is 0.250. The van der Waals surface area contributed by atoms with Gasteiger partial charge in [0, 0.05) is 23.7 Å². The van der Waals surface area contributed by atoms with Gasteiger partial charge in [-0.2, -0.15) is 52.7 Å². The third-order valence-corrected chi connectivity index (χ3v) is 14.9. The summed E-state index contributed by atoms with van der Waals surface area (Å²) in [5, 5.41) is 0. The maximum Gasteiger partial charge on any atom is 0.416 e. The van der Waals surface area contributed by atoms with Crippen molar-refractivity contribution in [3.05, 3.63) is 261 Å². The Morgan fingerprint density at radius 2 is 0.378 bits per heavy atom. The quantitative estimate of drug-likeness (QED) is 0.114. The van der Waals surface area contributed by atoms with Gasteiger partial charge in [-0.25, -0.2) is 0 Å². The number of methoxy groups -OCH3 is 4. The van der Waals surface area contributed by atoms with E-state index in [2.05, 4.69) is 0 Å². The normalized spacial score (nSPS) is 21.1. The minimum Gasteiger partial charge on any atom is -0.497 e. The molecule has 428 valence electrons. The average Bonchev–Trinajstić information content (AvgIpc) is 4.13. The van der Waals surface area contributed by atoms with E-state index in [1.54, 1.807) is 48.5 Å². The molecule has 2 fully saturated rings. The Morgan fingerprint density at radius 1 is 0.232 bits per heavy atom. The molecule has 0 radical (unpaired) electrons. The molecule has 8 aromatic rings. The first-order chi connectivity index (χ1) is 39.0. The predicted molar refractivity (Wildman–Crippen MR) is 282 cm³/mol. The lowest BCUT2D eigenvalue weighted by atomic mass is 9.75. The van der Waals surface area contributed by atoms with E-state index < -0.39 is 95.0 Å². The van der Waals surface area contributed by atoms with Crippen LogP contribution in [0.4, 0.5) is 52.7 Å². The first-order valence-corrected chi connectivity index (χ1v) is 25.5. The van der Waals surface area contributed by atoms with Gasteiger partial charge in [0.05, 0.1) is 75.1 Å². The molecule has 18 heteroatoms. The van der Waals surface area contributed by atoms with Gasteiger partial charge in [0.1, 0.15) is 23.0 Å². The third kappa shape index (κ3) is 12.9. The highest BCUT2D eigenvalue weighted by atomic mass is 19.4. The molecular formula is C64H52F12O6. The molecule has 8 atom stereocenters. The van der Waals surface area contributed by atoms with Crippen molar-refractivity contribution in [3.63, 3.8) is 0 Å². The topological polar surface area (TPSA) is 55.4 Å². The van der Waals surface area contributed by atoms with Crippen LogP contribution in [0, 0.1) is 0 Å². The second-order valence-electron chi connectivity index (χ2n) is 19.6. The van der Waals surface area contributed by atoms with E-state index in [1.165, 1.54) is 77.0 Å². The van der Waals surface area contributed by atoms with Crippen LogP contribution in [-0.2, 0) is 34.2 Å². The number of hydrogen-bond acceptors (Lipinski definition) is 6. The van der Waals surface area contributed by atoms with Gasteiger partial charge in [-0.3, -0.25) is 0 Å². The molecule has 0 bridgehead atoms. The number of ether oxygens (including phenoxy) is 6. The molecule has 0 spiro atoms. The summed E-state index contributed by atoms with van der Waals surface area (Å²) < 4.78 is 195. The summed E-state index contributed by atoms with van der Waals surface area (Å²) in [4.78, 5) is 0. The lowest BCUT2D eigenvalue weighted by Crippen LogP contribution is -2.15. The number of alkyl halides is 12. The zero-order chi connectivity index (χ0) is 58.7. The lowest BCUT2D eigenvalue weighted by Gasteiger charge is -2.26. The molecule has 0 saturated carbocycles. The Kier molecular flexibility index (Phi) is 17.1. The van der Waals surface area contributed by atoms with Crippen LogP contribution < -0.4 is 18.9 Å². The largest absolute Gasteiger partial charge is 0.497 e. The summed E-state index contributed by atoms with van der Waals surface area (Å²) in [6.07, 6.45) is -20.6. The SMILES string of the molecule is COc1ccc([C@@H]2O[C@@H](c3ccc(OC)cc3)[C@H](c3ccc(C(F)(F)F)cc3)[C@H]2c2ccc(C(F)(F)F)cc2)cc1.COc1ccc([C@H]2O[C@H](c3ccc(OC)cc3)[C@@H](c3ccc(C(F)(F)F)cc3)[C@@H]2c2ccc(C(F)(F)F)cc2)cc1. The van der Waals surface area contributed by atoms with Gasteiger partial charge in [-0.1, -0.05) is 97.1 Å². The summed E-state index contributed by atoms with van der Waals surface area (Å²) in [6, 6.07) is 48.1. The summed E-state index contributed by atoms with van der Waals surface area (Å²) >= 11 is 0. The molecule has 0 aromatic heterocycles. The Hall–Kier alpha value is -7.96. The van der Waals surface area contributed by atoms with E-state index in [-0.39, 0.29) is 0 Å². The molecule has 2 aliphatic heterocycles. The number of halogens is 12. The summed E-state index contributed by atoms with van der Waals surface area (Å²) in [5.74, 6) is 0.327. The number of rotatable bonds is 12. The van der Waals surface area contributed by atoms with E-state index in [1.807, 2.05) is 48.5 Å². The van der Waals surface area contributed by atoms with E-state index >= 15 is 0 Å². The molecule has 82 heavy (non-hydrogen) atoms. The lowest BCUT2D eigenvalue weighted by molar-refractivity contribution is -0.138. The van der Waals surface area contributed by atoms with E-state index in [9.17, 15) is 52.7 Å². The van der Waals surface area contributed by atoms with Crippen LogP contribution in [0.25, 0.3) is 0 Å². The van der Waals surface area contributed by atoms with Gasteiger partial charge >= 0.3 is 24.7 Å². The van der Waals surface area contributed by atoms with Crippen molar-refractivity contribution in [3.8, 4) is 23.0 Å². The second kappa shape index (κ2) is 23.9. The zero-order valence-corrected chi connectivity index (χ0v) is 44.1. The number of benzene rings is 8. The van der Waals surface area contributed by atoms with E-state index in [0.717, 1.165) is 70.8 Å². The molecule has 2 heterocycles. The highest BCUT2D eigenvalue weighted by Gasteiger charge is 2.49. The van der Waals surface area contributed by atoms with E-state index in [0.29, 0.717) is 45.3 Å². The maximum absolute atomic E-state index is 13.4. The van der Waals surface area contributed by atoms with Crippen molar-refractivity contribution < 1.29 is 81.1 Å². The molecule has 8 aromatic carbocycles. The average molecular weight is 1150 g/mol. The third-order valence-electron chi connectivity index (χ3n) is 14.9. The Bertz CT molecular complexity index is 2890. The highest BCUT2D eigenvalue weighted by molar-refractivity contribution is 5.45. The molecule has 0 unspecified atom stereocenters. The molecule has 0 amide bonds. The molecule has 6 nitrogen and oxygen atoms in total. The van der Waals surface area contributed by atoms with Crippen molar-refractivity contribution in [1.82, 2.24) is 0 Å². The monoisotopic (exact) mass is 1140 g/mol. The van der Waals surface area contributed by atoms with E-state index in [4.69, 9.17) is 28.4 Å². The molecule has 0 aliphatic carbocycles. The summed E-state index contributed by atoms with van der Waals surface area (Å²) in [7, 11) is 6.14. The molecule has 2 saturated heterocycles. The Labute approximate surface area is 464 Å². The zero-order valence-electron chi connectivity index (χ0n) is 44.1. The molecular weight excluding hydrogens is 1090 g/mol. The van der Waals surface area contributed by atoms with Gasteiger partial charge in [-0.15, -0.1) is 0 Å². The fourth-order valence-electron chi connectivity index (χ4n) is 10.8. The molecule has 10 rings (SSSR count). The van der Waals surface area contributed by atoms with Crippen molar-refractivity contribution in [2.24, 2.45) is 0 Å². The van der Waals surface area contributed by atoms with Crippen LogP contribution >= 0.6 is 0 Å². The standard InChI is InChI=1S/2C32H26F6O3/c2*1-39-25-15-7-21(8-16-25)29-27(19-3-11-23(12-4-19)31(33,34)35)28(20-5-13-24(14-6-20)32(36,37)38)30(41-29)22-9-17-26(40-2)18-10-22/h2*3-18,27-30H,1-2H3/t2*27-,28-,29+,30+/m10/s1. The fourth-order valence-corrected chi connectivity index (χ4v) is 10.8. The van der Waals surface area contributed by atoms with Crippen molar-refractivity contribution in [1.29, 1.82) is 0 Å². The van der Waals surface area contributed by atoms with Gasteiger partial charge in [0.25, 0.3) is 0 Å². The van der Waals surface area contributed by atoms with Gasteiger partial charge in [-0.05, 0) is 142 Å². The second-order valence-corrected chi connectivity index (χ2v) is 19.6. The van der Waals surface area contributed by atoms with Gasteiger partial charge in [0.2, 0.25) is 0 Å². The molecule has 0 N–H and O–H groups in total. The minimum atomic E-state index is -4.52. The first-order valence-electron chi connectivity index (χ1n) is 25.5. The van der Waals surface area contributed by atoms with Crippen LogP contribution in [0.1, 0.15) is 115 Å². The summed E-state index contributed by atoms with van der Waals surface area (Å²) in [5.41, 5.74) is 2.12. The minimum absolute atomic E-state index is 0.533. The summed E-state index contributed by atoms with van der Waals surface area (Å²) in [6.45, 7) is 0. The number of hydrogen-bond donors (Lipinski definition) is 0. The van der Waals surface area contributed by atoms with Crippen molar-refractivity contribution in [2.75, 3.05) is 28.4 Å². The Morgan fingerprint density at radius 3 is 0.512 bits per heavy atom. The van der Waals surface area contributed by atoms with Crippen LogP contribution in [-0.4, -0.2) is 28.4 Å². The smallest absolute Gasteiger partial charge is 0.416 e.